The third kappa shape index (κ3) is 1.75. The van der Waals surface area contributed by atoms with Crippen molar-refractivity contribution in [2.75, 3.05) is 0 Å². The number of hydrogen-bond acceptors (Lipinski definition) is 4. The van der Waals surface area contributed by atoms with E-state index >= 15 is 0 Å². The number of nitro benzene ring substituents is 1. The fraction of sp³-hybridized carbons (Fsp3) is 0.333. The van der Waals surface area contributed by atoms with Gasteiger partial charge in [0.25, 0.3) is 5.69 Å². The van der Waals surface area contributed by atoms with Crippen LogP contribution in [0.4, 0.5) is 5.69 Å². The van der Waals surface area contributed by atoms with Crippen molar-refractivity contribution < 1.29 is 4.92 Å². The van der Waals surface area contributed by atoms with Crippen molar-refractivity contribution in [3.63, 3.8) is 0 Å². The molecule has 0 spiro atoms. The summed E-state index contributed by atoms with van der Waals surface area (Å²) in [6.45, 7) is 0. The Bertz CT molecular complexity index is 567. The monoisotopic (exact) mass is 244 g/mol. The Kier molecular flexibility index (Phi) is 2.55. The molecule has 6 nitrogen and oxygen atoms in total. The van der Waals surface area contributed by atoms with E-state index in [1.54, 1.807) is 29.3 Å². The highest BCUT2D eigenvalue weighted by molar-refractivity contribution is 5.37. The summed E-state index contributed by atoms with van der Waals surface area (Å²) < 4.78 is 0. The van der Waals surface area contributed by atoms with Crippen LogP contribution in [0, 0.1) is 10.1 Å². The van der Waals surface area contributed by atoms with E-state index in [0.717, 1.165) is 18.4 Å². The van der Waals surface area contributed by atoms with Gasteiger partial charge in [0.1, 0.15) is 0 Å². The van der Waals surface area contributed by atoms with Gasteiger partial charge in [-0.15, -0.1) is 0 Å². The summed E-state index contributed by atoms with van der Waals surface area (Å²) in [5, 5.41) is 19.1. The largest absolute Gasteiger partial charge is 0.269 e. The molecule has 0 saturated heterocycles. The van der Waals surface area contributed by atoms with E-state index in [1.807, 2.05) is 6.07 Å². The Morgan fingerprint density at radius 3 is 2.67 bits per heavy atom. The lowest BCUT2D eigenvalue weighted by Crippen LogP contribution is -2.28. The third-order valence-electron chi connectivity index (χ3n) is 3.48. The van der Waals surface area contributed by atoms with Crippen LogP contribution in [0.2, 0.25) is 0 Å². The van der Waals surface area contributed by atoms with Gasteiger partial charge in [0.05, 0.1) is 23.4 Å². The molecule has 92 valence electrons. The molecule has 1 unspecified atom stereocenters. The van der Waals surface area contributed by atoms with Gasteiger partial charge < -0.3 is 0 Å². The van der Waals surface area contributed by atoms with E-state index in [2.05, 4.69) is 10.2 Å². The van der Waals surface area contributed by atoms with Crippen LogP contribution >= 0.6 is 0 Å². The number of non-ortho nitro benzene ring substituents is 1. The van der Waals surface area contributed by atoms with Crippen molar-refractivity contribution in [3.8, 4) is 0 Å². The Morgan fingerprint density at radius 2 is 2.06 bits per heavy atom. The van der Waals surface area contributed by atoms with Gasteiger partial charge in [-0.05, 0) is 18.4 Å². The average molecular weight is 244 g/mol. The maximum Gasteiger partial charge on any atom is 0.269 e. The van der Waals surface area contributed by atoms with E-state index in [1.165, 1.54) is 6.07 Å². The molecule has 1 fully saturated rings. The first-order valence-electron chi connectivity index (χ1n) is 5.86. The number of nitrogens with zero attached hydrogens (tertiary/aromatic N) is 4. The maximum atomic E-state index is 10.8. The van der Waals surface area contributed by atoms with Gasteiger partial charge in [0.15, 0.2) is 0 Å². The Labute approximate surface area is 103 Å². The van der Waals surface area contributed by atoms with E-state index < -0.39 is 0 Å². The zero-order chi connectivity index (χ0) is 12.5. The first-order valence-corrected chi connectivity index (χ1v) is 5.86. The quantitative estimate of drug-likeness (QED) is 0.613. The Balaban J connectivity index is 1.87. The second-order valence-corrected chi connectivity index (χ2v) is 4.45. The highest BCUT2D eigenvalue weighted by Crippen LogP contribution is 2.45. The third-order valence-corrected chi connectivity index (χ3v) is 3.48. The van der Waals surface area contributed by atoms with Crippen molar-refractivity contribution >= 4 is 5.69 Å². The summed E-state index contributed by atoms with van der Waals surface area (Å²) in [6, 6.07) is 7.07. The van der Waals surface area contributed by atoms with Gasteiger partial charge in [-0.3, -0.25) is 10.1 Å². The van der Waals surface area contributed by atoms with Crippen LogP contribution in [0.1, 0.15) is 30.4 Å². The first kappa shape index (κ1) is 10.9. The molecule has 2 atom stereocenters. The lowest BCUT2D eigenvalue weighted by atomic mass is 9.75. The summed E-state index contributed by atoms with van der Waals surface area (Å²) in [6.07, 6.45) is 5.35. The summed E-state index contributed by atoms with van der Waals surface area (Å²) in [5.74, 6) is 0.275. The minimum atomic E-state index is -0.358. The maximum absolute atomic E-state index is 10.8. The molecule has 1 aromatic carbocycles. The molecular weight excluding hydrogens is 232 g/mol. The molecule has 2 aromatic rings. The lowest BCUT2D eigenvalue weighted by molar-refractivity contribution is -0.384. The molecule has 6 heteroatoms. The molecule has 1 aliphatic rings. The van der Waals surface area contributed by atoms with Crippen LogP contribution in [0.5, 0.6) is 0 Å². The Hall–Kier alpha value is -2.24. The second kappa shape index (κ2) is 4.21. The van der Waals surface area contributed by atoms with E-state index in [-0.39, 0.29) is 22.6 Å². The van der Waals surface area contributed by atoms with E-state index in [9.17, 15) is 10.1 Å². The van der Waals surface area contributed by atoms with Crippen LogP contribution in [-0.2, 0) is 0 Å². The van der Waals surface area contributed by atoms with Gasteiger partial charge >= 0.3 is 0 Å². The normalized spacial score (nSPS) is 22.4. The fourth-order valence-corrected chi connectivity index (χ4v) is 2.41. The standard InChI is InChI=1S/C12H12N4O2/c17-16(18)10-3-1-2-9(8-10)11-4-5-12(11)15-13-6-7-14-15/h1-3,6-8,11-12H,4-5H2/t11?,12-/m0/s1. The van der Waals surface area contributed by atoms with Crippen molar-refractivity contribution in [1.29, 1.82) is 0 Å². The molecule has 0 radical (unpaired) electrons. The predicted octanol–water partition coefficient (Wildman–Crippen LogP) is 2.30. The molecule has 0 aliphatic heterocycles. The number of aromatic nitrogens is 3. The van der Waals surface area contributed by atoms with E-state index in [4.69, 9.17) is 0 Å². The van der Waals surface area contributed by atoms with Crippen LogP contribution in [0.25, 0.3) is 0 Å². The van der Waals surface area contributed by atoms with Crippen LogP contribution in [-0.4, -0.2) is 19.9 Å². The van der Waals surface area contributed by atoms with Crippen LogP contribution < -0.4 is 0 Å². The van der Waals surface area contributed by atoms with Crippen molar-refractivity contribution in [2.24, 2.45) is 0 Å². The topological polar surface area (TPSA) is 73.8 Å². The molecule has 0 bridgehead atoms. The van der Waals surface area contributed by atoms with Gasteiger partial charge in [-0.1, -0.05) is 12.1 Å². The zero-order valence-electron chi connectivity index (χ0n) is 9.64. The van der Waals surface area contributed by atoms with Crippen LogP contribution in [0.3, 0.4) is 0 Å². The smallest absolute Gasteiger partial charge is 0.258 e. The first-order chi connectivity index (χ1) is 8.75. The summed E-state index contributed by atoms with van der Waals surface area (Å²) in [7, 11) is 0. The molecule has 0 amide bonds. The van der Waals surface area contributed by atoms with Crippen molar-refractivity contribution in [3.05, 3.63) is 52.3 Å². The minimum Gasteiger partial charge on any atom is -0.258 e. The molecular formula is C12H12N4O2. The minimum absolute atomic E-state index is 0.145. The van der Waals surface area contributed by atoms with Gasteiger partial charge in [0.2, 0.25) is 0 Å². The van der Waals surface area contributed by atoms with Crippen molar-refractivity contribution in [2.45, 2.75) is 24.8 Å². The predicted molar refractivity (Wildman–Crippen MR) is 64.1 cm³/mol. The SMILES string of the molecule is O=[N+]([O-])c1cccc(C2CC[C@@H]2n2nccn2)c1. The number of benzene rings is 1. The molecule has 18 heavy (non-hydrogen) atoms. The molecule has 3 rings (SSSR count). The molecule has 0 N–H and O–H groups in total. The summed E-state index contributed by atoms with van der Waals surface area (Å²) >= 11 is 0. The number of nitro groups is 1. The molecule has 1 aromatic heterocycles. The highest BCUT2D eigenvalue weighted by Gasteiger charge is 2.35. The molecule has 1 saturated carbocycles. The van der Waals surface area contributed by atoms with Gasteiger partial charge in [0, 0.05) is 18.1 Å². The van der Waals surface area contributed by atoms with Crippen LogP contribution in [0.15, 0.2) is 36.7 Å². The Morgan fingerprint density at radius 1 is 1.28 bits per heavy atom. The van der Waals surface area contributed by atoms with Gasteiger partial charge in [-0.25, -0.2) is 0 Å². The molecule has 1 aliphatic carbocycles. The fourth-order valence-electron chi connectivity index (χ4n) is 2.41. The summed E-state index contributed by atoms with van der Waals surface area (Å²) in [5.41, 5.74) is 1.14. The lowest BCUT2D eigenvalue weighted by Gasteiger charge is -2.35. The molecule has 1 heterocycles. The van der Waals surface area contributed by atoms with Crippen molar-refractivity contribution in [1.82, 2.24) is 15.0 Å². The number of hydrogen-bond donors (Lipinski definition) is 0. The summed E-state index contributed by atoms with van der Waals surface area (Å²) in [4.78, 5) is 12.1. The second-order valence-electron chi connectivity index (χ2n) is 4.45. The van der Waals surface area contributed by atoms with Gasteiger partial charge in [-0.2, -0.15) is 15.0 Å². The average Bonchev–Trinajstić information content (AvgIpc) is 2.81. The highest BCUT2D eigenvalue weighted by atomic mass is 16.6. The number of rotatable bonds is 3. The zero-order valence-corrected chi connectivity index (χ0v) is 9.64. The van der Waals surface area contributed by atoms with E-state index in [0.29, 0.717) is 0 Å².